The molecule has 4 rings (SSSR count). The smallest absolute Gasteiger partial charge is 0.115 e. The summed E-state index contributed by atoms with van der Waals surface area (Å²) in [5.41, 5.74) is 3.44. The Kier molecular flexibility index (Phi) is 4.74. The zero-order valence-corrected chi connectivity index (χ0v) is 13.0. The van der Waals surface area contributed by atoms with E-state index >= 15 is 0 Å². The van der Waals surface area contributed by atoms with Crippen LogP contribution in [0.15, 0.2) is 30.3 Å². The molecule has 1 unspecified atom stereocenters. The Bertz CT molecular complexity index is 483. The number of hydrogen-bond donors (Lipinski definition) is 0. The number of allylic oxidation sites excluding steroid dienone is 2. The lowest BCUT2D eigenvalue weighted by atomic mass is 9.76. The predicted molar refractivity (Wildman–Crippen MR) is 86.8 cm³/mol. The molecular formula is C19H26FN. The Labute approximate surface area is 127 Å². The average molecular weight is 287 g/mol. The van der Waals surface area contributed by atoms with Crippen molar-refractivity contribution in [3.8, 4) is 0 Å². The highest BCUT2D eigenvalue weighted by Crippen LogP contribution is 2.36. The Hall–Kier alpha value is -1.15. The highest BCUT2D eigenvalue weighted by Gasteiger charge is 2.33. The molecule has 0 radical (unpaired) electrons. The van der Waals surface area contributed by atoms with Crippen molar-refractivity contribution in [2.24, 2.45) is 11.8 Å². The number of nitrogens with zero attached hydrogens (tertiary/aromatic N) is 1. The predicted octanol–water partition coefficient (Wildman–Crippen LogP) is 4.68. The Morgan fingerprint density at radius 1 is 1.24 bits per heavy atom. The van der Waals surface area contributed by atoms with E-state index in [0.29, 0.717) is 0 Å². The van der Waals surface area contributed by atoms with Crippen molar-refractivity contribution < 1.29 is 4.39 Å². The molecule has 0 aromatic heterocycles. The lowest BCUT2D eigenvalue weighted by Gasteiger charge is -2.45. The Balaban J connectivity index is 1.59. The van der Waals surface area contributed by atoms with Crippen LogP contribution in [0, 0.1) is 11.8 Å². The second-order valence-electron chi connectivity index (χ2n) is 6.58. The van der Waals surface area contributed by atoms with Crippen LogP contribution in [-0.4, -0.2) is 24.5 Å². The first kappa shape index (κ1) is 14.8. The van der Waals surface area contributed by atoms with Gasteiger partial charge in [0.15, 0.2) is 0 Å². The van der Waals surface area contributed by atoms with E-state index in [1.54, 1.807) is 0 Å². The van der Waals surface area contributed by atoms with Gasteiger partial charge in [0.1, 0.15) is 6.67 Å². The summed E-state index contributed by atoms with van der Waals surface area (Å²) in [6.07, 6.45) is 7.49. The monoisotopic (exact) mass is 287 g/mol. The summed E-state index contributed by atoms with van der Waals surface area (Å²) in [5, 5.41) is 0. The van der Waals surface area contributed by atoms with Crippen molar-refractivity contribution in [2.75, 3.05) is 19.6 Å². The van der Waals surface area contributed by atoms with Crippen LogP contribution in [0.4, 0.5) is 4.39 Å². The summed E-state index contributed by atoms with van der Waals surface area (Å²) in [6, 6.07) is 7.96. The fourth-order valence-electron chi connectivity index (χ4n) is 4.02. The third-order valence-electron chi connectivity index (χ3n) is 5.40. The summed E-state index contributed by atoms with van der Waals surface area (Å²) in [5.74, 6) is 1.84. The normalized spacial score (nSPS) is 28.9. The van der Waals surface area contributed by atoms with Crippen LogP contribution in [0.5, 0.6) is 0 Å². The third kappa shape index (κ3) is 3.37. The molecule has 2 heteroatoms. The topological polar surface area (TPSA) is 3.24 Å². The number of hydrogen-bond acceptors (Lipinski definition) is 1. The van der Waals surface area contributed by atoms with Crippen molar-refractivity contribution in [3.63, 3.8) is 0 Å². The minimum absolute atomic E-state index is 0.370. The van der Waals surface area contributed by atoms with E-state index in [1.807, 2.05) is 12.1 Å². The van der Waals surface area contributed by atoms with Crippen molar-refractivity contribution >= 4 is 5.57 Å². The van der Waals surface area contributed by atoms with Gasteiger partial charge in [0.2, 0.25) is 0 Å². The summed E-state index contributed by atoms with van der Waals surface area (Å²) in [7, 11) is 0. The van der Waals surface area contributed by atoms with Gasteiger partial charge in [-0.15, -0.1) is 0 Å². The first-order valence-electron chi connectivity index (χ1n) is 8.33. The molecule has 0 amide bonds. The molecule has 3 fully saturated rings. The van der Waals surface area contributed by atoms with Gasteiger partial charge < -0.3 is 4.90 Å². The molecule has 2 bridgehead atoms. The molecule has 0 saturated carbocycles. The third-order valence-corrected chi connectivity index (χ3v) is 5.40. The molecule has 1 aromatic rings. The lowest BCUT2D eigenvalue weighted by molar-refractivity contribution is 0.0475. The summed E-state index contributed by atoms with van der Waals surface area (Å²) >= 11 is 0. The van der Waals surface area contributed by atoms with E-state index in [-0.39, 0.29) is 6.67 Å². The van der Waals surface area contributed by atoms with Crippen LogP contribution in [0.1, 0.15) is 43.7 Å². The molecule has 1 atom stereocenters. The molecule has 0 N–H and O–H groups in total. The number of alkyl halides is 1. The molecule has 1 aromatic carbocycles. The molecule has 21 heavy (non-hydrogen) atoms. The molecular weight excluding hydrogens is 261 g/mol. The van der Waals surface area contributed by atoms with Crippen molar-refractivity contribution in [1.29, 1.82) is 0 Å². The maximum absolute atomic E-state index is 12.6. The van der Waals surface area contributed by atoms with Crippen molar-refractivity contribution in [1.82, 2.24) is 4.90 Å². The SMILES string of the molecule is C/C=C(\CCC1CN2CCC1CC2)c1ccc(CF)cc1. The molecule has 0 aliphatic carbocycles. The van der Waals surface area contributed by atoms with Gasteiger partial charge in [0.25, 0.3) is 0 Å². The van der Waals surface area contributed by atoms with Gasteiger partial charge in [-0.1, -0.05) is 30.3 Å². The van der Waals surface area contributed by atoms with E-state index in [9.17, 15) is 4.39 Å². The maximum Gasteiger partial charge on any atom is 0.115 e. The zero-order valence-electron chi connectivity index (χ0n) is 13.0. The number of fused-ring (bicyclic) bond motifs is 3. The lowest BCUT2D eigenvalue weighted by Crippen LogP contribution is -2.47. The van der Waals surface area contributed by atoms with Crippen LogP contribution in [0.2, 0.25) is 0 Å². The molecule has 114 valence electrons. The van der Waals surface area contributed by atoms with Gasteiger partial charge in [0.05, 0.1) is 0 Å². The minimum Gasteiger partial charge on any atom is -0.303 e. The molecule has 3 saturated heterocycles. The molecule has 1 nitrogen and oxygen atoms in total. The van der Waals surface area contributed by atoms with E-state index < -0.39 is 0 Å². The van der Waals surface area contributed by atoms with Gasteiger partial charge in [-0.2, -0.15) is 0 Å². The first-order chi connectivity index (χ1) is 10.3. The summed E-state index contributed by atoms with van der Waals surface area (Å²) in [4.78, 5) is 2.63. The zero-order chi connectivity index (χ0) is 14.7. The van der Waals surface area contributed by atoms with E-state index in [0.717, 1.165) is 23.8 Å². The highest BCUT2D eigenvalue weighted by molar-refractivity contribution is 5.65. The maximum atomic E-state index is 12.6. The van der Waals surface area contributed by atoms with Crippen molar-refractivity contribution in [2.45, 2.75) is 39.3 Å². The fourth-order valence-corrected chi connectivity index (χ4v) is 4.02. The standard InChI is InChI=1S/C19H26FN/c1-2-16(17-5-3-15(13-20)4-6-17)7-8-19-14-21-11-9-18(19)10-12-21/h2-6,18-19H,7-14H2,1H3/b16-2+. The Morgan fingerprint density at radius 2 is 1.95 bits per heavy atom. The van der Waals surface area contributed by atoms with Gasteiger partial charge >= 0.3 is 0 Å². The van der Waals surface area contributed by atoms with Crippen molar-refractivity contribution in [3.05, 3.63) is 41.5 Å². The molecule has 3 heterocycles. The summed E-state index contributed by atoms with van der Waals surface area (Å²) in [6.45, 7) is 5.70. The highest BCUT2D eigenvalue weighted by atomic mass is 19.1. The quantitative estimate of drug-likeness (QED) is 0.760. The van der Waals surface area contributed by atoms with Crippen LogP contribution in [0.25, 0.3) is 5.57 Å². The Morgan fingerprint density at radius 3 is 2.48 bits per heavy atom. The summed E-state index contributed by atoms with van der Waals surface area (Å²) < 4.78 is 12.6. The minimum atomic E-state index is -0.370. The van der Waals surface area contributed by atoms with Crippen LogP contribution in [-0.2, 0) is 6.67 Å². The molecule has 3 aliphatic heterocycles. The second-order valence-corrected chi connectivity index (χ2v) is 6.58. The molecule has 0 spiro atoms. The van der Waals surface area contributed by atoms with Crippen LogP contribution >= 0.6 is 0 Å². The second kappa shape index (κ2) is 6.74. The molecule has 3 aliphatic rings. The number of piperidine rings is 3. The van der Waals surface area contributed by atoms with Crippen LogP contribution in [0.3, 0.4) is 0 Å². The number of halogens is 1. The number of benzene rings is 1. The van der Waals surface area contributed by atoms with Gasteiger partial charge in [0, 0.05) is 6.54 Å². The van der Waals surface area contributed by atoms with Gasteiger partial charge in [-0.05, 0) is 74.2 Å². The first-order valence-corrected chi connectivity index (χ1v) is 8.33. The largest absolute Gasteiger partial charge is 0.303 e. The van der Waals surface area contributed by atoms with E-state index in [1.165, 1.54) is 50.0 Å². The van der Waals surface area contributed by atoms with E-state index in [4.69, 9.17) is 0 Å². The van der Waals surface area contributed by atoms with Crippen LogP contribution < -0.4 is 0 Å². The number of rotatable bonds is 5. The van der Waals surface area contributed by atoms with Gasteiger partial charge in [-0.3, -0.25) is 0 Å². The fraction of sp³-hybridized carbons (Fsp3) is 0.579. The average Bonchev–Trinajstić information content (AvgIpc) is 2.57. The van der Waals surface area contributed by atoms with Gasteiger partial charge in [-0.25, -0.2) is 4.39 Å². The van der Waals surface area contributed by atoms with E-state index in [2.05, 4.69) is 30.0 Å².